The molecule has 0 unspecified atom stereocenters. The third kappa shape index (κ3) is 5.85. The predicted octanol–water partition coefficient (Wildman–Crippen LogP) is 7.03. The van der Waals surface area contributed by atoms with Crippen LogP contribution in [0.4, 0.5) is 4.39 Å². The average Bonchev–Trinajstić information content (AvgIpc) is 3.58. The Morgan fingerprint density at radius 1 is 1.13 bits per heavy atom. The first kappa shape index (κ1) is 29.6. The second-order valence-corrected chi connectivity index (χ2v) is 12.1. The van der Waals surface area contributed by atoms with Gasteiger partial charge in [0.15, 0.2) is 11.5 Å². The summed E-state index contributed by atoms with van der Waals surface area (Å²) in [6.45, 7) is 3.94. The minimum Gasteiger partial charge on any atom is -0.493 e. The number of carboxylic acid groups (broad SMARTS) is 1. The number of halogens is 2. The molecule has 1 N–H and O–H groups in total. The van der Waals surface area contributed by atoms with Gasteiger partial charge >= 0.3 is 5.97 Å². The van der Waals surface area contributed by atoms with Gasteiger partial charge in [-0.25, -0.2) is 9.78 Å². The van der Waals surface area contributed by atoms with E-state index in [1.165, 1.54) is 6.07 Å². The number of carbonyl (C=O) groups is 1. The first-order valence-corrected chi connectivity index (χ1v) is 15.5. The van der Waals surface area contributed by atoms with Crippen molar-refractivity contribution in [3.05, 3.63) is 88.1 Å². The summed E-state index contributed by atoms with van der Waals surface area (Å²) in [4.78, 5) is 19.0. The topological polar surface area (TPSA) is 99.2 Å². The average molecular weight is 634 g/mol. The zero-order chi connectivity index (χ0) is 31.1. The molecule has 0 bridgehead atoms. The van der Waals surface area contributed by atoms with E-state index in [-0.39, 0.29) is 24.2 Å². The lowest BCUT2D eigenvalue weighted by Crippen LogP contribution is -2.35. The Morgan fingerprint density at radius 2 is 1.96 bits per heavy atom. The van der Waals surface area contributed by atoms with Crippen LogP contribution in [-0.4, -0.2) is 58.4 Å². The normalized spacial score (nSPS) is 17.5. The van der Waals surface area contributed by atoms with E-state index in [1.54, 1.807) is 37.4 Å². The van der Waals surface area contributed by atoms with Gasteiger partial charge in [0.2, 0.25) is 0 Å². The molecule has 0 saturated carbocycles. The van der Waals surface area contributed by atoms with Gasteiger partial charge in [-0.15, -0.1) is 0 Å². The van der Waals surface area contributed by atoms with Crippen LogP contribution < -0.4 is 9.47 Å². The van der Waals surface area contributed by atoms with E-state index in [1.807, 2.05) is 12.1 Å². The summed E-state index contributed by atoms with van der Waals surface area (Å²) in [5.74, 6) is 1.52. The molecular formula is C34H33ClFN3O6. The fourth-order valence-corrected chi connectivity index (χ4v) is 6.62. The van der Waals surface area contributed by atoms with E-state index in [9.17, 15) is 14.3 Å². The largest absolute Gasteiger partial charge is 0.493 e. The van der Waals surface area contributed by atoms with Crippen LogP contribution in [0.1, 0.15) is 52.5 Å². The van der Waals surface area contributed by atoms with Crippen molar-refractivity contribution in [2.75, 3.05) is 26.8 Å². The number of ether oxygens (including phenoxy) is 3. The van der Waals surface area contributed by atoms with Gasteiger partial charge in [0, 0.05) is 29.2 Å². The maximum Gasteiger partial charge on any atom is 0.335 e. The Bertz CT molecular complexity index is 1880. The molecule has 5 aromatic rings. The number of benzene rings is 3. The smallest absolute Gasteiger partial charge is 0.335 e. The van der Waals surface area contributed by atoms with Crippen molar-refractivity contribution in [1.82, 2.24) is 14.5 Å². The van der Waals surface area contributed by atoms with Crippen LogP contribution in [0.15, 0.2) is 59.0 Å². The van der Waals surface area contributed by atoms with E-state index in [0.717, 1.165) is 61.4 Å². The Kier molecular flexibility index (Phi) is 8.12. The number of rotatable bonds is 10. The van der Waals surface area contributed by atoms with Gasteiger partial charge in [-0.1, -0.05) is 29.8 Å². The number of methoxy groups -OCH3 is 1. The van der Waals surface area contributed by atoms with Crippen molar-refractivity contribution in [3.63, 3.8) is 0 Å². The molecule has 7 rings (SSSR count). The number of para-hydroxylation sites is 1. The van der Waals surface area contributed by atoms with E-state index < -0.39 is 12.0 Å². The van der Waals surface area contributed by atoms with E-state index >= 15 is 0 Å². The van der Waals surface area contributed by atoms with E-state index in [4.69, 9.17) is 35.2 Å². The van der Waals surface area contributed by atoms with Crippen LogP contribution in [0, 0.1) is 6.01 Å². The predicted molar refractivity (Wildman–Crippen MR) is 167 cm³/mol. The molecule has 9 nitrogen and oxygen atoms in total. The van der Waals surface area contributed by atoms with Crippen molar-refractivity contribution in [3.8, 4) is 11.5 Å². The molecule has 0 amide bonds. The molecule has 2 aromatic heterocycles. The highest BCUT2D eigenvalue weighted by molar-refractivity contribution is 6.35. The Morgan fingerprint density at radius 3 is 2.69 bits per heavy atom. The Labute approximate surface area is 264 Å². The summed E-state index contributed by atoms with van der Waals surface area (Å²) >= 11 is 6.25. The molecular weight excluding hydrogens is 601 g/mol. The van der Waals surface area contributed by atoms with Gasteiger partial charge in [-0.2, -0.15) is 4.39 Å². The third-order valence-electron chi connectivity index (χ3n) is 8.93. The molecule has 2 aliphatic heterocycles. The number of furan rings is 1. The van der Waals surface area contributed by atoms with Crippen LogP contribution in [-0.2, 0) is 24.4 Å². The molecule has 2 saturated heterocycles. The molecule has 45 heavy (non-hydrogen) atoms. The van der Waals surface area contributed by atoms with Gasteiger partial charge < -0.3 is 28.3 Å². The van der Waals surface area contributed by atoms with Crippen LogP contribution in [0.3, 0.4) is 0 Å². The maximum atomic E-state index is 13.9. The maximum absolute atomic E-state index is 13.9. The number of nitrogens with zero attached hydrogens (tertiary/aromatic N) is 3. The van der Waals surface area contributed by atoms with Gasteiger partial charge in [0.1, 0.15) is 18.0 Å². The lowest BCUT2D eigenvalue weighted by Gasteiger charge is -2.33. The third-order valence-corrected chi connectivity index (χ3v) is 9.26. The second kappa shape index (κ2) is 12.3. The summed E-state index contributed by atoms with van der Waals surface area (Å²) in [5.41, 5.74) is 4.00. The quantitative estimate of drug-likeness (QED) is 0.175. The molecule has 11 heteroatoms. The number of fused-ring (bicyclic) bond motifs is 2. The first-order valence-electron chi connectivity index (χ1n) is 15.1. The molecule has 4 heterocycles. The fourth-order valence-electron chi connectivity index (χ4n) is 6.41. The number of aromatic nitrogens is 2. The van der Waals surface area contributed by atoms with Crippen molar-refractivity contribution in [1.29, 1.82) is 0 Å². The molecule has 0 aliphatic carbocycles. The molecule has 2 fully saturated rings. The van der Waals surface area contributed by atoms with E-state index in [0.29, 0.717) is 46.1 Å². The number of imidazole rings is 1. The summed E-state index contributed by atoms with van der Waals surface area (Å²) in [6, 6.07) is 15.1. The second-order valence-electron chi connectivity index (χ2n) is 11.6. The lowest BCUT2D eigenvalue weighted by molar-refractivity contribution is -0.0592. The van der Waals surface area contributed by atoms with Gasteiger partial charge in [-0.3, -0.25) is 4.90 Å². The number of hydrogen-bond donors (Lipinski definition) is 1. The SMILES string of the molecule is COc1cccc(C2CCN(Cc3nc4ccc(C(=O)O)cc4n3C[C@@H]3CCO3)CC2)c1OCc1ccc(Cl)c2cc(F)oc12. The molecule has 234 valence electrons. The monoisotopic (exact) mass is 633 g/mol. The summed E-state index contributed by atoms with van der Waals surface area (Å²) in [6.07, 6.45) is 2.91. The van der Waals surface area contributed by atoms with Gasteiger partial charge in [0.05, 0.1) is 47.9 Å². The van der Waals surface area contributed by atoms with Crippen LogP contribution in [0.25, 0.3) is 22.0 Å². The first-order chi connectivity index (χ1) is 21.9. The van der Waals surface area contributed by atoms with Crippen LogP contribution in [0.5, 0.6) is 11.5 Å². The summed E-state index contributed by atoms with van der Waals surface area (Å²) < 4.78 is 39.1. The Balaban J connectivity index is 1.08. The highest BCUT2D eigenvalue weighted by Gasteiger charge is 2.28. The minimum atomic E-state index is -0.953. The minimum absolute atomic E-state index is 0.114. The fraction of sp³-hybridized carbons (Fsp3) is 0.353. The summed E-state index contributed by atoms with van der Waals surface area (Å²) in [5, 5.41) is 10.5. The molecule has 3 aromatic carbocycles. The van der Waals surface area contributed by atoms with E-state index in [2.05, 4.69) is 15.5 Å². The number of hydrogen-bond acceptors (Lipinski definition) is 7. The molecule has 2 aliphatic rings. The highest BCUT2D eigenvalue weighted by Crippen LogP contribution is 2.41. The highest BCUT2D eigenvalue weighted by atomic mass is 35.5. The number of carboxylic acids is 1. The van der Waals surface area contributed by atoms with Crippen LogP contribution >= 0.6 is 11.6 Å². The van der Waals surface area contributed by atoms with Crippen molar-refractivity contribution >= 4 is 39.6 Å². The summed E-state index contributed by atoms with van der Waals surface area (Å²) in [7, 11) is 1.62. The molecule has 0 radical (unpaired) electrons. The number of piperidine rings is 1. The lowest BCUT2D eigenvalue weighted by atomic mass is 9.88. The van der Waals surface area contributed by atoms with Gasteiger partial charge in [-0.05, 0) is 68.6 Å². The van der Waals surface area contributed by atoms with Gasteiger partial charge in [0.25, 0.3) is 6.01 Å². The number of likely N-dealkylation sites (tertiary alicyclic amines) is 1. The standard InChI is InChI=1S/C34H33ClFN3O6/c1-42-29-4-2-3-24(33(29)44-19-22-5-7-26(35)25-16-30(36)45-32(22)25)20-9-12-38(13-10-20)18-31-37-27-8-6-21(34(40)41)15-28(27)39(31)17-23-11-14-43-23/h2-8,15-16,20,23H,9-14,17-19H2,1H3,(H,40,41)/t23-/m0/s1. The molecule has 1 atom stereocenters. The van der Waals surface area contributed by atoms with Crippen molar-refractivity contribution in [2.45, 2.75) is 51.0 Å². The van der Waals surface area contributed by atoms with Crippen molar-refractivity contribution < 1.29 is 32.9 Å². The molecule has 0 spiro atoms. The zero-order valence-corrected chi connectivity index (χ0v) is 25.6. The zero-order valence-electron chi connectivity index (χ0n) is 24.8. The van der Waals surface area contributed by atoms with Crippen molar-refractivity contribution in [2.24, 2.45) is 0 Å². The van der Waals surface area contributed by atoms with Crippen LogP contribution in [0.2, 0.25) is 5.02 Å². The Hall–Kier alpha value is -4.12. The number of aromatic carboxylic acids is 1.